The van der Waals surface area contributed by atoms with Crippen LogP contribution in [0.3, 0.4) is 0 Å². The van der Waals surface area contributed by atoms with Crippen LogP contribution in [0.25, 0.3) is 10.9 Å². The Kier molecular flexibility index (Phi) is 5.10. The van der Waals surface area contributed by atoms with E-state index in [2.05, 4.69) is 9.97 Å². The Hall–Kier alpha value is -2.65. The number of carbonyl (C=O) groups is 1. The summed E-state index contributed by atoms with van der Waals surface area (Å²) in [5.41, 5.74) is 0.109. The molecule has 1 aromatic heterocycles. The van der Waals surface area contributed by atoms with Crippen molar-refractivity contribution < 1.29 is 32.2 Å². The minimum Gasteiger partial charge on any atom is -0.465 e. The average Bonchev–Trinajstić information content (AvgIpc) is 3.00. The van der Waals surface area contributed by atoms with Crippen LogP contribution >= 0.6 is 0 Å². The Morgan fingerprint density at radius 1 is 1.23 bits per heavy atom. The highest BCUT2D eigenvalue weighted by atomic mass is 19.1. The number of ether oxygens (including phenoxy) is 1. The van der Waals surface area contributed by atoms with Gasteiger partial charge in [0.15, 0.2) is 12.1 Å². The Morgan fingerprint density at radius 2 is 2.00 bits per heavy atom. The third kappa shape index (κ3) is 3.23. The second kappa shape index (κ2) is 7.30. The highest BCUT2D eigenvalue weighted by molar-refractivity contribution is 5.88. The summed E-state index contributed by atoms with van der Waals surface area (Å²) in [6.45, 7) is -3.42. The summed E-state index contributed by atoms with van der Waals surface area (Å²) >= 11 is 0. The molecule has 0 bridgehead atoms. The van der Waals surface area contributed by atoms with E-state index >= 15 is 0 Å². The van der Waals surface area contributed by atoms with Crippen LogP contribution in [0.5, 0.6) is 5.88 Å². The SMILES string of the molecule is O=C(O)N1CC(F)CC1Oc1nc(CF)nc2ccc(CF)c(CF)c12. The number of likely N-dealkylation sites (tertiary alicyclic amines) is 1. The molecule has 10 heteroatoms. The molecule has 1 amide bonds. The molecule has 2 aromatic rings. The maximum absolute atomic E-state index is 13.6. The molecule has 1 aliphatic rings. The third-order valence-electron chi connectivity index (χ3n) is 4.17. The van der Waals surface area contributed by atoms with Crippen LogP contribution in [0, 0.1) is 0 Å². The summed E-state index contributed by atoms with van der Waals surface area (Å²) in [6.07, 6.45) is -4.30. The summed E-state index contributed by atoms with van der Waals surface area (Å²) in [7, 11) is 0. The van der Waals surface area contributed by atoms with Crippen molar-refractivity contribution in [2.24, 2.45) is 0 Å². The van der Waals surface area contributed by atoms with E-state index in [4.69, 9.17) is 9.84 Å². The number of fused-ring (bicyclic) bond motifs is 1. The van der Waals surface area contributed by atoms with Gasteiger partial charge in [-0.1, -0.05) is 6.07 Å². The summed E-state index contributed by atoms with van der Waals surface area (Å²) in [5, 5.41) is 9.17. The molecule has 0 spiro atoms. The molecule has 1 aliphatic heterocycles. The van der Waals surface area contributed by atoms with Crippen molar-refractivity contribution in [3.8, 4) is 5.88 Å². The molecule has 1 N–H and O–H groups in total. The van der Waals surface area contributed by atoms with Crippen LogP contribution in [0.15, 0.2) is 12.1 Å². The van der Waals surface area contributed by atoms with Crippen molar-refractivity contribution in [1.82, 2.24) is 14.9 Å². The van der Waals surface area contributed by atoms with Crippen LogP contribution in [-0.2, 0) is 20.0 Å². The molecule has 1 saturated heterocycles. The van der Waals surface area contributed by atoms with Gasteiger partial charge in [0.25, 0.3) is 0 Å². The van der Waals surface area contributed by atoms with E-state index in [0.717, 1.165) is 4.90 Å². The second-order valence-corrected chi connectivity index (χ2v) is 5.78. The van der Waals surface area contributed by atoms with Gasteiger partial charge in [0, 0.05) is 12.0 Å². The molecule has 140 valence electrons. The van der Waals surface area contributed by atoms with E-state index in [1.54, 1.807) is 0 Å². The Bertz CT molecular complexity index is 836. The first kappa shape index (κ1) is 18.2. The lowest BCUT2D eigenvalue weighted by Crippen LogP contribution is -2.38. The van der Waals surface area contributed by atoms with Gasteiger partial charge in [-0.05, 0) is 11.6 Å². The number of rotatable bonds is 5. The smallest absolute Gasteiger partial charge is 0.410 e. The van der Waals surface area contributed by atoms with Gasteiger partial charge in [0.05, 0.1) is 17.4 Å². The average molecular weight is 373 g/mol. The summed E-state index contributed by atoms with van der Waals surface area (Å²) in [6, 6.07) is 2.70. The molecular weight excluding hydrogens is 358 g/mol. The van der Waals surface area contributed by atoms with Crippen molar-refractivity contribution in [1.29, 1.82) is 0 Å². The molecule has 1 aromatic carbocycles. The zero-order valence-corrected chi connectivity index (χ0v) is 13.5. The van der Waals surface area contributed by atoms with Crippen LogP contribution in [0.2, 0.25) is 0 Å². The first-order chi connectivity index (χ1) is 12.5. The largest absolute Gasteiger partial charge is 0.465 e. The van der Waals surface area contributed by atoms with Gasteiger partial charge in [-0.25, -0.2) is 27.3 Å². The van der Waals surface area contributed by atoms with Gasteiger partial charge >= 0.3 is 6.09 Å². The summed E-state index contributed by atoms with van der Waals surface area (Å²) < 4.78 is 58.9. The van der Waals surface area contributed by atoms with E-state index in [0.29, 0.717) is 0 Å². The highest BCUT2D eigenvalue weighted by Crippen LogP contribution is 2.33. The zero-order valence-electron chi connectivity index (χ0n) is 13.5. The molecule has 1 fully saturated rings. The number of alkyl halides is 4. The fraction of sp³-hybridized carbons (Fsp3) is 0.438. The van der Waals surface area contributed by atoms with Gasteiger partial charge in [-0.3, -0.25) is 4.90 Å². The molecule has 26 heavy (non-hydrogen) atoms. The number of amides is 1. The second-order valence-electron chi connectivity index (χ2n) is 5.78. The van der Waals surface area contributed by atoms with Gasteiger partial charge in [-0.15, -0.1) is 0 Å². The number of nitrogens with zero attached hydrogens (tertiary/aromatic N) is 3. The van der Waals surface area contributed by atoms with E-state index in [1.165, 1.54) is 12.1 Å². The van der Waals surface area contributed by atoms with Crippen molar-refractivity contribution >= 4 is 17.0 Å². The molecular formula is C16H15F4N3O3. The van der Waals surface area contributed by atoms with Gasteiger partial charge in [0.2, 0.25) is 5.88 Å². The van der Waals surface area contributed by atoms with Crippen LogP contribution in [0.1, 0.15) is 23.4 Å². The molecule has 2 atom stereocenters. The van der Waals surface area contributed by atoms with Crippen molar-refractivity contribution in [3.63, 3.8) is 0 Å². The number of hydrogen-bond acceptors (Lipinski definition) is 4. The standard InChI is InChI=1S/C16H15F4N3O3/c17-4-8-1-2-11-14(10(8)5-18)15(22-12(6-19)21-11)26-13-3-9(20)7-23(13)16(24)25/h1-2,9,13H,3-7H2,(H,24,25). The Balaban J connectivity index is 2.12. The van der Waals surface area contributed by atoms with Crippen molar-refractivity contribution in [3.05, 3.63) is 29.1 Å². The molecule has 3 rings (SSSR count). The maximum atomic E-state index is 13.6. The number of aromatic nitrogens is 2. The first-order valence-electron chi connectivity index (χ1n) is 7.78. The predicted molar refractivity (Wildman–Crippen MR) is 82.6 cm³/mol. The third-order valence-corrected chi connectivity index (χ3v) is 4.17. The minimum absolute atomic E-state index is 0.0208. The van der Waals surface area contributed by atoms with Crippen LogP contribution in [0.4, 0.5) is 22.4 Å². The Morgan fingerprint density at radius 3 is 2.62 bits per heavy atom. The number of halogens is 4. The fourth-order valence-electron chi connectivity index (χ4n) is 2.96. The van der Waals surface area contributed by atoms with E-state index < -0.39 is 38.5 Å². The predicted octanol–water partition coefficient (Wildman–Crippen LogP) is 3.47. The van der Waals surface area contributed by atoms with Gasteiger partial charge in [-0.2, -0.15) is 4.98 Å². The number of carboxylic acid groups (broad SMARTS) is 1. The Labute approximate surface area is 145 Å². The lowest BCUT2D eigenvalue weighted by molar-refractivity contribution is 0.0558. The molecule has 6 nitrogen and oxygen atoms in total. The van der Waals surface area contributed by atoms with Crippen LogP contribution in [-0.4, -0.2) is 45.0 Å². The van der Waals surface area contributed by atoms with Gasteiger partial charge in [0.1, 0.15) is 26.2 Å². The van der Waals surface area contributed by atoms with E-state index in [1.807, 2.05) is 0 Å². The molecule has 0 radical (unpaired) electrons. The van der Waals surface area contributed by atoms with Crippen molar-refractivity contribution in [2.75, 3.05) is 6.54 Å². The molecule has 2 heterocycles. The van der Waals surface area contributed by atoms with Crippen molar-refractivity contribution in [2.45, 2.75) is 38.8 Å². The molecule has 0 saturated carbocycles. The monoisotopic (exact) mass is 373 g/mol. The summed E-state index contributed by atoms with van der Waals surface area (Å²) in [4.78, 5) is 19.7. The molecule has 2 unspecified atom stereocenters. The van der Waals surface area contributed by atoms with Crippen LogP contribution < -0.4 is 4.74 Å². The fourth-order valence-corrected chi connectivity index (χ4v) is 2.96. The normalized spacial score (nSPS) is 19.9. The zero-order chi connectivity index (χ0) is 18.8. The topological polar surface area (TPSA) is 75.5 Å². The number of benzene rings is 1. The lowest BCUT2D eigenvalue weighted by atomic mass is 10.0. The lowest BCUT2D eigenvalue weighted by Gasteiger charge is -2.23. The molecule has 0 aliphatic carbocycles. The van der Waals surface area contributed by atoms with E-state index in [9.17, 15) is 22.4 Å². The van der Waals surface area contributed by atoms with E-state index in [-0.39, 0.29) is 46.7 Å². The minimum atomic E-state index is -1.44. The highest BCUT2D eigenvalue weighted by Gasteiger charge is 2.38. The number of hydrogen-bond donors (Lipinski definition) is 1. The van der Waals surface area contributed by atoms with Gasteiger partial charge < -0.3 is 9.84 Å². The summed E-state index contributed by atoms with van der Waals surface area (Å²) in [5.74, 6) is -0.557. The first-order valence-corrected chi connectivity index (χ1v) is 7.78. The maximum Gasteiger partial charge on any atom is 0.410 e. The quantitative estimate of drug-likeness (QED) is 0.813.